The number of aryl methyl sites for hydroxylation is 1. The van der Waals surface area contributed by atoms with Crippen molar-refractivity contribution < 1.29 is 13.2 Å². The van der Waals surface area contributed by atoms with Crippen molar-refractivity contribution in [1.82, 2.24) is 9.78 Å². The Kier molecular flexibility index (Phi) is 3.23. The van der Waals surface area contributed by atoms with E-state index >= 15 is 0 Å². The van der Waals surface area contributed by atoms with Gasteiger partial charge < -0.3 is 5.32 Å². The van der Waals surface area contributed by atoms with Crippen LogP contribution in [0.15, 0.2) is 11.0 Å². The van der Waals surface area contributed by atoms with E-state index in [0.717, 1.165) is 10.9 Å². The highest BCUT2D eigenvalue weighted by atomic mass is 35.5. The molecule has 0 saturated carbocycles. The number of anilines is 1. The van der Waals surface area contributed by atoms with E-state index in [1.165, 1.54) is 7.05 Å². The predicted molar refractivity (Wildman–Crippen MR) is 49.0 cm³/mol. The van der Waals surface area contributed by atoms with Crippen LogP contribution in [-0.4, -0.2) is 22.5 Å². The first-order valence-electron chi connectivity index (χ1n) is 3.83. The molecule has 0 amide bonds. The van der Waals surface area contributed by atoms with Gasteiger partial charge in [0, 0.05) is 7.05 Å². The van der Waals surface area contributed by atoms with E-state index in [9.17, 15) is 18.0 Å². The zero-order chi connectivity index (χ0) is 11.6. The van der Waals surface area contributed by atoms with E-state index in [1.807, 2.05) is 5.32 Å². The maximum Gasteiger partial charge on any atom is 0.405 e. The van der Waals surface area contributed by atoms with Crippen LogP contribution in [0.5, 0.6) is 0 Å². The van der Waals surface area contributed by atoms with Gasteiger partial charge in [-0.1, -0.05) is 11.6 Å². The zero-order valence-electron chi connectivity index (χ0n) is 7.60. The molecule has 0 spiro atoms. The molecule has 0 radical (unpaired) electrons. The second-order valence-electron chi connectivity index (χ2n) is 2.77. The Hall–Kier alpha value is -1.24. The van der Waals surface area contributed by atoms with Crippen molar-refractivity contribution in [3.8, 4) is 0 Å². The molecule has 0 bridgehead atoms. The van der Waals surface area contributed by atoms with Crippen LogP contribution in [0.3, 0.4) is 0 Å². The van der Waals surface area contributed by atoms with E-state index in [-0.39, 0.29) is 10.7 Å². The van der Waals surface area contributed by atoms with E-state index < -0.39 is 18.3 Å². The Labute approximate surface area is 87.7 Å². The van der Waals surface area contributed by atoms with Gasteiger partial charge in [-0.2, -0.15) is 18.3 Å². The maximum absolute atomic E-state index is 11.8. The van der Waals surface area contributed by atoms with Crippen LogP contribution in [0, 0.1) is 0 Å². The molecule has 0 aliphatic rings. The van der Waals surface area contributed by atoms with Gasteiger partial charge >= 0.3 is 6.18 Å². The van der Waals surface area contributed by atoms with Crippen molar-refractivity contribution in [2.45, 2.75) is 6.18 Å². The molecule has 8 heteroatoms. The lowest BCUT2D eigenvalue weighted by Crippen LogP contribution is -2.25. The molecule has 0 fully saturated rings. The Morgan fingerprint density at radius 2 is 2.20 bits per heavy atom. The molecule has 1 aromatic heterocycles. The molecule has 0 atom stereocenters. The van der Waals surface area contributed by atoms with Crippen LogP contribution in [0.4, 0.5) is 18.9 Å². The summed E-state index contributed by atoms with van der Waals surface area (Å²) in [6, 6.07) is 0. The number of hydrogen-bond donors (Lipinski definition) is 1. The highest BCUT2D eigenvalue weighted by molar-refractivity contribution is 6.32. The van der Waals surface area contributed by atoms with E-state index in [2.05, 4.69) is 5.10 Å². The summed E-state index contributed by atoms with van der Waals surface area (Å²) in [6.07, 6.45) is -3.31. The van der Waals surface area contributed by atoms with Crippen molar-refractivity contribution in [2.75, 3.05) is 11.9 Å². The summed E-state index contributed by atoms with van der Waals surface area (Å²) in [5.74, 6) is 0. The average molecular weight is 242 g/mol. The molecule has 0 saturated heterocycles. The molecule has 0 aliphatic heterocycles. The van der Waals surface area contributed by atoms with Crippen molar-refractivity contribution in [3.63, 3.8) is 0 Å². The lowest BCUT2D eigenvalue weighted by Gasteiger charge is -2.10. The van der Waals surface area contributed by atoms with Crippen molar-refractivity contribution in [2.24, 2.45) is 7.05 Å². The molecule has 0 aliphatic carbocycles. The number of nitrogens with zero attached hydrogens (tertiary/aromatic N) is 2. The summed E-state index contributed by atoms with van der Waals surface area (Å²) in [4.78, 5) is 11.2. The van der Waals surface area contributed by atoms with E-state index in [4.69, 9.17) is 11.6 Å². The highest BCUT2D eigenvalue weighted by Gasteiger charge is 2.27. The van der Waals surface area contributed by atoms with E-state index in [0.29, 0.717) is 0 Å². The van der Waals surface area contributed by atoms with Gasteiger partial charge in [-0.3, -0.25) is 4.79 Å². The maximum atomic E-state index is 11.8. The molecular formula is C7H7ClF3N3O. The van der Waals surface area contributed by atoms with Gasteiger partial charge in [0.1, 0.15) is 11.6 Å². The van der Waals surface area contributed by atoms with Crippen LogP contribution in [0.1, 0.15) is 0 Å². The quantitative estimate of drug-likeness (QED) is 0.852. The lowest BCUT2D eigenvalue weighted by molar-refractivity contribution is -0.115. The Balaban J connectivity index is 2.89. The van der Waals surface area contributed by atoms with Crippen LogP contribution < -0.4 is 10.9 Å². The molecule has 0 aromatic carbocycles. The topological polar surface area (TPSA) is 46.9 Å². The first kappa shape index (κ1) is 11.8. The fourth-order valence-corrected chi connectivity index (χ4v) is 1.07. The van der Waals surface area contributed by atoms with Crippen LogP contribution in [0.2, 0.25) is 5.02 Å². The van der Waals surface area contributed by atoms with Crippen molar-refractivity contribution >= 4 is 17.3 Å². The van der Waals surface area contributed by atoms with Gasteiger partial charge in [0.2, 0.25) is 0 Å². The van der Waals surface area contributed by atoms with Gasteiger partial charge in [0.05, 0.1) is 11.9 Å². The number of halogens is 4. The molecule has 1 rings (SSSR count). The first-order chi connectivity index (χ1) is 6.81. The SMILES string of the molecule is Cn1ncc(NCC(F)(F)F)c(Cl)c1=O. The minimum absolute atomic E-state index is 0.128. The lowest BCUT2D eigenvalue weighted by atomic mass is 10.4. The molecule has 15 heavy (non-hydrogen) atoms. The third kappa shape index (κ3) is 3.12. The third-order valence-corrected chi connectivity index (χ3v) is 1.92. The normalized spacial score (nSPS) is 11.5. The third-order valence-electron chi connectivity index (χ3n) is 1.56. The smallest absolute Gasteiger partial charge is 0.374 e. The molecule has 1 aromatic rings. The summed E-state index contributed by atoms with van der Waals surface area (Å²) in [6.45, 7) is -1.26. The van der Waals surface area contributed by atoms with Crippen molar-refractivity contribution in [1.29, 1.82) is 0 Å². The summed E-state index contributed by atoms with van der Waals surface area (Å²) in [7, 11) is 1.35. The fraction of sp³-hybridized carbons (Fsp3) is 0.429. The minimum atomic E-state index is -4.37. The molecular weight excluding hydrogens is 235 g/mol. The molecule has 1 heterocycles. The average Bonchev–Trinajstić information content (AvgIpc) is 2.12. The summed E-state index contributed by atoms with van der Waals surface area (Å²) in [5, 5.41) is 5.21. The van der Waals surface area contributed by atoms with E-state index in [1.54, 1.807) is 0 Å². The van der Waals surface area contributed by atoms with Crippen LogP contribution in [0.25, 0.3) is 0 Å². The summed E-state index contributed by atoms with van der Waals surface area (Å²) in [5.41, 5.74) is -0.777. The standard InChI is InChI=1S/C7H7ClF3N3O/c1-14-6(15)5(8)4(2-13-14)12-3-7(9,10)11/h2,12H,3H2,1H3. The van der Waals surface area contributed by atoms with Gasteiger partial charge in [-0.05, 0) is 0 Å². The molecule has 4 nitrogen and oxygen atoms in total. The first-order valence-corrected chi connectivity index (χ1v) is 4.21. The number of rotatable bonds is 2. The molecule has 84 valence electrons. The summed E-state index contributed by atoms with van der Waals surface area (Å²) >= 11 is 5.52. The second-order valence-corrected chi connectivity index (χ2v) is 3.15. The number of aromatic nitrogens is 2. The number of nitrogens with one attached hydrogen (secondary N) is 1. The van der Waals surface area contributed by atoms with Gasteiger partial charge in [-0.25, -0.2) is 4.68 Å². The van der Waals surface area contributed by atoms with Gasteiger partial charge in [0.25, 0.3) is 5.56 Å². The Bertz CT molecular complexity index is 415. The monoisotopic (exact) mass is 241 g/mol. The Morgan fingerprint density at radius 3 is 2.73 bits per heavy atom. The fourth-order valence-electron chi connectivity index (χ4n) is 0.829. The largest absolute Gasteiger partial charge is 0.405 e. The number of hydrogen-bond acceptors (Lipinski definition) is 3. The molecule has 1 N–H and O–H groups in total. The van der Waals surface area contributed by atoms with Crippen LogP contribution in [-0.2, 0) is 7.05 Å². The van der Waals surface area contributed by atoms with Crippen LogP contribution >= 0.6 is 11.6 Å². The van der Waals surface area contributed by atoms with Gasteiger partial charge in [0.15, 0.2) is 0 Å². The second kappa shape index (κ2) is 4.09. The Morgan fingerprint density at radius 1 is 1.60 bits per heavy atom. The zero-order valence-corrected chi connectivity index (χ0v) is 8.35. The number of alkyl halides is 3. The highest BCUT2D eigenvalue weighted by Crippen LogP contribution is 2.19. The predicted octanol–water partition coefficient (Wildman–Crippen LogP) is 1.41. The summed E-state index contributed by atoms with van der Waals surface area (Å²) < 4.78 is 36.5. The van der Waals surface area contributed by atoms with Crippen molar-refractivity contribution in [3.05, 3.63) is 21.6 Å². The minimum Gasteiger partial charge on any atom is -0.374 e. The molecule has 0 unspecified atom stereocenters. The van der Waals surface area contributed by atoms with Gasteiger partial charge in [-0.15, -0.1) is 0 Å².